The fourth-order valence-corrected chi connectivity index (χ4v) is 3.99. The summed E-state index contributed by atoms with van der Waals surface area (Å²) < 4.78 is 1.83. The van der Waals surface area contributed by atoms with Crippen molar-refractivity contribution in [3.63, 3.8) is 0 Å². The molecule has 2 aromatic rings. The van der Waals surface area contributed by atoms with Gasteiger partial charge in [0.25, 0.3) is 0 Å². The predicted octanol–water partition coefficient (Wildman–Crippen LogP) is 2.78. The number of fused-ring (bicyclic) bond motifs is 1. The number of nitrogens with zero attached hydrogens (tertiary/aromatic N) is 3. The number of rotatable bonds is 2. The number of thiazole rings is 1. The van der Waals surface area contributed by atoms with Gasteiger partial charge >= 0.3 is 0 Å². The molecule has 1 unspecified atom stereocenters. The molecular weight excluding hydrogens is 256 g/mol. The van der Waals surface area contributed by atoms with E-state index in [2.05, 4.69) is 24.3 Å². The number of aromatic nitrogens is 3. The molecule has 2 heterocycles. The summed E-state index contributed by atoms with van der Waals surface area (Å²) in [6.45, 7) is 4.65. The SMILES string of the molecule is CNC1CC(C)(C)Cc2nc(-c3cnn(C)c3)sc21. The van der Waals surface area contributed by atoms with E-state index in [1.807, 2.05) is 42.5 Å². The Morgan fingerprint density at radius 2 is 2.26 bits per heavy atom. The molecule has 0 aliphatic heterocycles. The molecule has 0 saturated carbocycles. The maximum absolute atomic E-state index is 4.85. The van der Waals surface area contributed by atoms with E-state index >= 15 is 0 Å². The van der Waals surface area contributed by atoms with Gasteiger partial charge in [-0.1, -0.05) is 13.8 Å². The largest absolute Gasteiger partial charge is 0.312 e. The molecule has 0 radical (unpaired) electrons. The van der Waals surface area contributed by atoms with Gasteiger partial charge in [-0.15, -0.1) is 11.3 Å². The Bertz CT molecular complexity index is 596. The first-order valence-electron chi connectivity index (χ1n) is 6.64. The van der Waals surface area contributed by atoms with Crippen LogP contribution in [-0.4, -0.2) is 21.8 Å². The summed E-state index contributed by atoms with van der Waals surface area (Å²) in [6, 6.07) is 0.432. The molecule has 0 amide bonds. The van der Waals surface area contributed by atoms with Crippen LogP contribution in [0, 0.1) is 5.41 Å². The average Bonchev–Trinajstić information content (AvgIpc) is 2.92. The van der Waals surface area contributed by atoms with Crippen LogP contribution in [0.1, 0.15) is 36.9 Å². The highest BCUT2D eigenvalue weighted by Gasteiger charge is 2.34. The van der Waals surface area contributed by atoms with E-state index < -0.39 is 0 Å². The van der Waals surface area contributed by atoms with E-state index in [0.29, 0.717) is 11.5 Å². The van der Waals surface area contributed by atoms with E-state index in [4.69, 9.17) is 4.98 Å². The van der Waals surface area contributed by atoms with Gasteiger partial charge in [0.05, 0.1) is 11.9 Å². The summed E-state index contributed by atoms with van der Waals surface area (Å²) in [4.78, 5) is 6.26. The number of hydrogen-bond acceptors (Lipinski definition) is 4. The van der Waals surface area contributed by atoms with Crippen molar-refractivity contribution in [1.29, 1.82) is 0 Å². The fourth-order valence-electron chi connectivity index (χ4n) is 2.82. The molecule has 1 N–H and O–H groups in total. The fraction of sp³-hybridized carbons (Fsp3) is 0.571. The van der Waals surface area contributed by atoms with Crippen LogP contribution >= 0.6 is 11.3 Å². The summed E-state index contributed by atoms with van der Waals surface area (Å²) in [5.74, 6) is 0. The van der Waals surface area contributed by atoms with Crippen LogP contribution in [0.4, 0.5) is 0 Å². The molecule has 0 aromatic carbocycles. The number of nitrogens with one attached hydrogen (secondary N) is 1. The first-order chi connectivity index (χ1) is 8.98. The minimum absolute atomic E-state index is 0.320. The van der Waals surface area contributed by atoms with Gasteiger partial charge in [-0.25, -0.2) is 4.98 Å². The lowest BCUT2D eigenvalue weighted by atomic mass is 9.76. The third-order valence-corrected chi connectivity index (χ3v) is 5.01. The highest BCUT2D eigenvalue weighted by molar-refractivity contribution is 7.15. The van der Waals surface area contributed by atoms with Crippen molar-refractivity contribution >= 4 is 11.3 Å². The molecule has 2 aromatic heterocycles. The molecule has 1 atom stereocenters. The van der Waals surface area contributed by atoms with Gasteiger partial charge in [0.1, 0.15) is 5.01 Å². The Labute approximate surface area is 117 Å². The smallest absolute Gasteiger partial charge is 0.127 e. The van der Waals surface area contributed by atoms with Crippen molar-refractivity contribution in [2.24, 2.45) is 12.5 Å². The Morgan fingerprint density at radius 1 is 1.47 bits per heavy atom. The molecule has 5 heteroatoms. The van der Waals surface area contributed by atoms with Crippen LogP contribution in [0.25, 0.3) is 10.6 Å². The lowest BCUT2D eigenvalue weighted by Gasteiger charge is -2.34. The van der Waals surface area contributed by atoms with Gasteiger partial charge < -0.3 is 5.32 Å². The zero-order valence-corrected chi connectivity index (χ0v) is 12.7. The zero-order chi connectivity index (χ0) is 13.6. The molecule has 0 spiro atoms. The van der Waals surface area contributed by atoms with Crippen molar-refractivity contribution in [3.05, 3.63) is 23.0 Å². The molecular formula is C14H20N4S. The van der Waals surface area contributed by atoms with E-state index in [1.54, 1.807) is 0 Å². The minimum Gasteiger partial charge on any atom is -0.312 e. The maximum atomic E-state index is 4.85. The predicted molar refractivity (Wildman–Crippen MR) is 78.2 cm³/mol. The summed E-state index contributed by atoms with van der Waals surface area (Å²) in [7, 11) is 3.98. The van der Waals surface area contributed by atoms with Gasteiger partial charge in [0, 0.05) is 29.7 Å². The number of aryl methyl sites for hydroxylation is 1. The Hall–Kier alpha value is -1.20. The zero-order valence-electron chi connectivity index (χ0n) is 11.9. The second-order valence-electron chi connectivity index (χ2n) is 6.12. The van der Waals surface area contributed by atoms with Gasteiger partial charge in [-0.2, -0.15) is 5.10 Å². The highest BCUT2D eigenvalue weighted by Crippen LogP contribution is 2.44. The van der Waals surface area contributed by atoms with Crippen molar-refractivity contribution in [3.8, 4) is 10.6 Å². The van der Waals surface area contributed by atoms with Crippen LogP contribution in [0.15, 0.2) is 12.4 Å². The molecule has 0 fully saturated rings. The molecule has 1 aliphatic rings. The van der Waals surface area contributed by atoms with Gasteiger partial charge in [0.2, 0.25) is 0 Å². The normalized spacial score (nSPS) is 21.4. The summed E-state index contributed by atoms with van der Waals surface area (Å²) >= 11 is 1.81. The van der Waals surface area contributed by atoms with Crippen molar-refractivity contribution in [2.45, 2.75) is 32.7 Å². The van der Waals surface area contributed by atoms with Crippen molar-refractivity contribution < 1.29 is 0 Å². The van der Waals surface area contributed by atoms with Crippen LogP contribution in [0.2, 0.25) is 0 Å². The Morgan fingerprint density at radius 3 is 2.89 bits per heavy atom. The highest BCUT2D eigenvalue weighted by atomic mass is 32.1. The lowest BCUT2D eigenvalue weighted by molar-refractivity contribution is 0.265. The van der Waals surface area contributed by atoms with Crippen LogP contribution < -0.4 is 5.32 Å². The van der Waals surface area contributed by atoms with Gasteiger partial charge in [-0.05, 0) is 25.3 Å². The molecule has 4 nitrogen and oxygen atoms in total. The summed E-state index contributed by atoms with van der Waals surface area (Å²) in [5.41, 5.74) is 2.70. The standard InChI is InChI=1S/C14H20N4S/c1-14(2)5-10(15-3)12-11(6-14)17-13(19-12)9-7-16-18(4)8-9/h7-8,10,15H,5-6H2,1-4H3. The summed E-state index contributed by atoms with van der Waals surface area (Å²) in [6.07, 6.45) is 6.16. The van der Waals surface area contributed by atoms with Crippen LogP contribution in [0.5, 0.6) is 0 Å². The van der Waals surface area contributed by atoms with Gasteiger partial charge in [-0.3, -0.25) is 4.68 Å². The molecule has 0 bridgehead atoms. The quantitative estimate of drug-likeness (QED) is 0.917. The third kappa shape index (κ3) is 2.32. The van der Waals surface area contributed by atoms with Crippen molar-refractivity contribution in [1.82, 2.24) is 20.1 Å². The topological polar surface area (TPSA) is 42.7 Å². The summed E-state index contributed by atoms with van der Waals surface area (Å²) in [5, 5.41) is 8.76. The molecule has 19 heavy (non-hydrogen) atoms. The monoisotopic (exact) mass is 276 g/mol. The van der Waals surface area contributed by atoms with E-state index in [9.17, 15) is 0 Å². The Kier molecular flexibility index (Phi) is 2.98. The van der Waals surface area contributed by atoms with Gasteiger partial charge in [0.15, 0.2) is 0 Å². The maximum Gasteiger partial charge on any atom is 0.127 e. The van der Waals surface area contributed by atoms with Crippen LogP contribution in [-0.2, 0) is 13.5 Å². The molecule has 102 valence electrons. The lowest BCUT2D eigenvalue weighted by Crippen LogP contribution is -2.30. The molecule has 0 saturated heterocycles. The molecule has 3 rings (SSSR count). The van der Waals surface area contributed by atoms with Crippen molar-refractivity contribution in [2.75, 3.05) is 7.05 Å². The van der Waals surface area contributed by atoms with E-state index in [0.717, 1.165) is 17.0 Å². The first-order valence-corrected chi connectivity index (χ1v) is 7.46. The molecule has 1 aliphatic carbocycles. The van der Waals surface area contributed by atoms with E-state index in [1.165, 1.54) is 17.0 Å². The average molecular weight is 276 g/mol. The van der Waals surface area contributed by atoms with E-state index in [-0.39, 0.29) is 0 Å². The van der Waals surface area contributed by atoms with Crippen LogP contribution in [0.3, 0.4) is 0 Å². The second kappa shape index (κ2) is 4.42. The second-order valence-corrected chi connectivity index (χ2v) is 7.15. The number of hydrogen-bond donors (Lipinski definition) is 1. The Balaban J connectivity index is 2.02. The third-order valence-electron chi connectivity index (χ3n) is 3.75. The minimum atomic E-state index is 0.320. The first kappa shape index (κ1) is 12.8.